The number of carbonyl (C=O) groups excluding carboxylic acids is 1. The van der Waals surface area contributed by atoms with Gasteiger partial charge in [0, 0.05) is 19.1 Å². The van der Waals surface area contributed by atoms with Crippen molar-refractivity contribution in [3.8, 4) is 0 Å². The minimum Gasteiger partial charge on any atom is -0.345 e. The SMILES string of the molecule is CCc1nn(C)cc1C(=O)NC1(CCl)CC1. The van der Waals surface area contributed by atoms with Gasteiger partial charge in [0.05, 0.1) is 16.8 Å². The van der Waals surface area contributed by atoms with Gasteiger partial charge in [-0.2, -0.15) is 5.10 Å². The first-order valence-corrected chi connectivity index (χ1v) is 6.04. The molecule has 0 unspecified atom stereocenters. The van der Waals surface area contributed by atoms with Crippen molar-refractivity contribution in [3.05, 3.63) is 17.5 Å². The number of rotatable bonds is 4. The molecule has 16 heavy (non-hydrogen) atoms. The highest BCUT2D eigenvalue weighted by molar-refractivity contribution is 6.19. The van der Waals surface area contributed by atoms with Crippen LogP contribution in [0.5, 0.6) is 0 Å². The Hall–Kier alpha value is -1.03. The smallest absolute Gasteiger partial charge is 0.255 e. The number of halogens is 1. The minimum absolute atomic E-state index is 0.0527. The summed E-state index contributed by atoms with van der Waals surface area (Å²) in [5.74, 6) is 0.434. The van der Waals surface area contributed by atoms with E-state index in [2.05, 4.69) is 10.4 Å². The number of amides is 1. The molecule has 0 atom stereocenters. The van der Waals surface area contributed by atoms with Crippen LogP contribution in [0.2, 0.25) is 0 Å². The van der Waals surface area contributed by atoms with Gasteiger partial charge >= 0.3 is 0 Å². The molecule has 1 aromatic rings. The molecule has 1 heterocycles. The number of carbonyl (C=O) groups is 1. The molecule has 0 aromatic carbocycles. The van der Waals surface area contributed by atoms with Crippen molar-refractivity contribution < 1.29 is 4.79 Å². The summed E-state index contributed by atoms with van der Waals surface area (Å²) in [6, 6.07) is 0. The second-order valence-corrected chi connectivity index (χ2v) is 4.65. The van der Waals surface area contributed by atoms with Gasteiger partial charge in [0.1, 0.15) is 0 Å². The van der Waals surface area contributed by atoms with E-state index in [0.29, 0.717) is 11.4 Å². The Labute approximate surface area is 100.0 Å². The van der Waals surface area contributed by atoms with E-state index in [1.807, 2.05) is 14.0 Å². The maximum absolute atomic E-state index is 12.0. The van der Waals surface area contributed by atoms with Gasteiger partial charge in [-0.05, 0) is 19.3 Å². The van der Waals surface area contributed by atoms with Crippen molar-refractivity contribution in [1.29, 1.82) is 0 Å². The zero-order chi connectivity index (χ0) is 11.8. The van der Waals surface area contributed by atoms with Gasteiger partial charge in [0.15, 0.2) is 0 Å². The normalized spacial score (nSPS) is 17.2. The summed E-state index contributed by atoms with van der Waals surface area (Å²) in [7, 11) is 1.82. The first-order chi connectivity index (χ1) is 7.60. The van der Waals surface area contributed by atoms with Gasteiger partial charge in [0.2, 0.25) is 0 Å². The third-order valence-corrected chi connectivity index (χ3v) is 3.48. The predicted molar refractivity (Wildman–Crippen MR) is 62.7 cm³/mol. The van der Waals surface area contributed by atoms with Crippen LogP contribution < -0.4 is 5.32 Å². The second kappa shape index (κ2) is 4.09. The summed E-state index contributed by atoms with van der Waals surface area (Å²) >= 11 is 5.83. The van der Waals surface area contributed by atoms with Gasteiger partial charge < -0.3 is 5.32 Å². The zero-order valence-electron chi connectivity index (χ0n) is 9.59. The van der Waals surface area contributed by atoms with Crippen LogP contribution in [0.25, 0.3) is 0 Å². The fourth-order valence-corrected chi connectivity index (χ4v) is 2.07. The maximum Gasteiger partial charge on any atom is 0.255 e. The summed E-state index contributed by atoms with van der Waals surface area (Å²) in [4.78, 5) is 12.0. The molecular formula is C11H16ClN3O. The van der Waals surface area contributed by atoms with Crippen LogP contribution in [0.15, 0.2) is 6.20 Å². The molecule has 0 spiro atoms. The lowest BCUT2D eigenvalue weighted by molar-refractivity contribution is 0.0935. The summed E-state index contributed by atoms with van der Waals surface area (Å²) in [6.45, 7) is 1.99. The average Bonchev–Trinajstić information content (AvgIpc) is 2.93. The van der Waals surface area contributed by atoms with Crippen molar-refractivity contribution in [2.75, 3.05) is 5.88 Å². The first kappa shape index (κ1) is 11.5. The van der Waals surface area contributed by atoms with Gasteiger partial charge in [0.25, 0.3) is 5.91 Å². The molecule has 0 radical (unpaired) electrons. The first-order valence-electron chi connectivity index (χ1n) is 5.51. The molecule has 1 aliphatic rings. The van der Waals surface area contributed by atoms with E-state index in [9.17, 15) is 4.79 Å². The Morgan fingerprint density at radius 2 is 2.38 bits per heavy atom. The predicted octanol–water partition coefficient (Wildman–Crippen LogP) is 1.48. The Kier molecular flexibility index (Phi) is 2.93. The summed E-state index contributed by atoms with van der Waals surface area (Å²) < 4.78 is 1.67. The fourth-order valence-electron chi connectivity index (χ4n) is 1.74. The van der Waals surface area contributed by atoms with E-state index in [-0.39, 0.29) is 11.4 Å². The zero-order valence-corrected chi connectivity index (χ0v) is 10.3. The van der Waals surface area contributed by atoms with Crippen molar-refractivity contribution in [3.63, 3.8) is 0 Å². The van der Waals surface area contributed by atoms with E-state index < -0.39 is 0 Å². The van der Waals surface area contributed by atoms with Gasteiger partial charge in [-0.15, -0.1) is 11.6 Å². The Balaban J connectivity index is 2.14. The number of alkyl halides is 1. The second-order valence-electron chi connectivity index (χ2n) is 4.38. The lowest BCUT2D eigenvalue weighted by atomic mass is 10.2. The molecule has 0 saturated heterocycles. The standard InChI is InChI=1S/C11H16ClN3O/c1-3-9-8(6-15(2)14-9)10(16)13-11(7-12)4-5-11/h6H,3-5,7H2,1-2H3,(H,13,16). The average molecular weight is 242 g/mol. The molecule has 1 aliphatic carbocycles. The van der Waals surface area contributed by atoms with Gasteiger partial charge in [-0.25, -0.2) is 0 Å². The number of aryl methyl sites for hydroxylation is 2. The topological polar surface area (TPSA) is 46.9 Å². The molecule has 1 saturated carbocycles. The van der Waals surface area contributed by atoms with Crippen molar-refractivity contribution in [2.24, 2.45) is 7.05 Å². The molecule has 1 fully saturated rings. The highest BCUT2D eigenvalue weighted by atomic mass is 35.5. The van der Waals surface area contributed by atoms with E-state index in [0.717, 1.165) is 25.0 Å². The maximum atomic E-state index is 12.0. The van der Waals surface area contributed by atoms with Gasteiger partial charge in [-0.3, -0.25) is 9.48 Å². The summed E-state index contributed by atoms with van der Waals surface area (Å²) in [5, 5.41) is 7.25. The third kappa shape index (κ3) is 2.07. The number of hydrogen-bond donors (Lipinski definition) is 1. The highest BCUT2D eigenvalue weighted by Gasteiger charge is 2.43. The van der Waals surface area contributed by atoms with E-state index in [4.69, 9.17) is 11.6 Å². The van der Waals surface area contributed by atoms with Crippen LogP contribution >= 0.6 is 11.6 Å². The van der Waals surface area contributed by atoms with E-state index in [1.165, 1.54) is 0 Å². The molecule has 2 rings (SSSR count). The number of nitrogens with one attached hydrogen (secondary N) is 1. The lowest BCUT2D eigenvalue weighted by Gasteiger charge is -2.13. The minimum atomic E-state index is -0.153. The lowest BCUT2D eigenvalue weighted by Crippen LogP contribution is -2.38. The van der Waals surface area contributed by atoms with Crippen LogP contribution in [0.1, 0.15) is 35.8 Å². The number of nitrogens with zero attached hydrogens (tertiary/aromatic N) is 2. The summed E-state index contributed by atoms with van der Waals surface area (Å²) in [5.41, 5.74) is 1.35. The number of hydrogen-bond acceptors (Lipinski definition) is 2. The molecule has 88 valence electrons. The van der Waals surface area contributed by atoms with Crippen molar-refractivity contribution in [1.82, 2.24) is 15.1 Å². The van der Waals surface area contributed by atoms with Crippen LogP contribution in [-0.2, 0) is 13.5 Å². The van der Waals surface area contributed by atoms with Crippen LogP contribution in [0, 0.1) is 0 Å². The molecule has 1 N–H and O–H groups in total. The molecular weight excluding hydrogens is 226 g/mol. The molecule has 0 bridgehead atoms. The Bertz CT molecular complexity index is 409. The van der Waals surface area contributed by atoms with E-state index >= 15 is 0 Å². The van der Waals surface area contributed by atoms with Gasteiger partial charge in [-0.1, -0.05) is 6.92 Å². The van der Waals surface area contributed by atoms with Crippen molar-refractivity contribution >= 4 is 17.5 Å². The third-order valence-electron chi connectivity index (χ3n) is 2.97. The molecule has 5 heteroatoms. The van der Waals surface area contributed by atoms with Crippen LogP contribution in [-0.4, -0.2) is 27.1 Å². The molecule has 1 aromatic heterocycles. The van der Waals surface area contributed by atoms with E-state index in [1.54, 1.807) is 10.9 Å². The summed E-state index contributed by atoms with van der Waals surface area (Å²) in [6.07, 6.45) is 4.48. The molecule has 0 aliphatic heterocycles. The quantitative estimate of drug-likeness (QED) is 0.812. The van der Waals surface area contributed by atoms with Crippen molar-refractivity contribution in [2.45, 2.75) is 31.7 Å². The Morgan fingerprint density at radius 3 is 2.88 bits per heavy atom. The Morgan fingerprint density at radius 1 is 1.69 bits per heavy atom. The molecule has 4 nitrogen and oxygen atoms in total. The largest absolute Gasteiger partial charge is 0.345 e. The molecule has 1 amide bonds. The van der Waals surface area contributed by atoms with Crippen LogP contribution in [0.4, 0.5) is 0 Å². The highest BCUT2D eigenvalue weighted by Crippen LogP contribution is 2.36. The number of aromatic nitrogens is 2. The monoisotopic (exact) mass is 241 g/mol. The van der Waals surface area contributed by atoms with Crippen LogP contribution in [0.3, 0.4) is 0 Å². The fraction of sp³-hybridized carbons (Fsp3) is 0.636.